The zero-order chi connectivity index (χ0) is 17.9. The zero-order valence-corrected chi connectivity index (χ0v) is 14.0. The zero-order valence-electron chi connectivity index (χ0n) is 13.2. The quantitative estimate of drug-likeness (QED) is 0.750. The highest BCUT2D eigenvalue weighted by atomic mass is 32.2. The van der Waals surface area contributed by atoms with Crippen LogP contribution in [0.25, 0.3) is 10.8 Å². The topological polar surface area (TPSA) is 98.5 Å². The highest BCUT2D eigenvalue weighted by Crippen LogP contribution is 2.22. The molecule has 0 spiro atoms. The third kappa shape index (κ3) is 4.34. The van der Waals surface area contributed by atoms with Gasteiger partial charge in [-0.2, -0.15) is 0 Å². The number of carbonyl (C=O) groups is 1. The van der Waals surface area contributed by atoms with Crippen molar-refractivity contribution in [3.63, 3.8) is 0 Å². The summed E-state index contributed by atoms with van der Waals surface area (Å²) >= 11 is 0. The molecule has 128 valence electrons. The highest BCUT2D eigenvalue weighted by Gasteiger charge is 2.09. The molecule has 0 atom stereocenters. The van der Waals surface area contributed by atoms with E-state index < -0.39 is 16.1 Å². The summed E-state index contributed by atoms with van der Waals surface area (Å²) in [5.41, 5.74) is 1.45. The van der Waals surface area contributed by atoms with E-state index in [1.807, 2.05) is 30.3 Å². The van der Waals surface area contributed by atoms with Gasteiger partial charge in [-0.05, 0) is 40.6 Å². The monoisotopic (exact) mass is 356 g/mol. The Morgan fingerprint density at radius 2 is 1.64 bits per heavy atom. The van der Waals surface area contributed by atoms with Crippen LogP contribution in [0.5, 0.6) is 0 Å². The first-order chi connectivity index (χ1) is 11.9. The van der Waals surface area contributed by atoms with Crippen molar-refractivity contribution >= 4 is 32.6 Å². The van der Waals surface area contributed by atoms with Crippen molar-refractivity contribution in [3.8, 4) is 0 Å². The summed E-state index contributed by atoms with van der Waals surface area (Å²) in [6.07, 6.45) is -0.565. The molecule has 0 heterocycles. The third-order valence-corrected chi connectivity index (χ3v) is 4.51. The molecule has 0 radical (unpaired) electrons. The molecule has 0 aromatic heterocycles. The van der Waals surface area contributed by atoms with E-state index >= 15 is 0 Å². The number of anilines is 1. The lowest BCUT2D eigenvalue weighted by molar-refractivity contribution is 0.155. The van der Waals surface area contributed by atoms with Gasteiger partial charge in [0, 0.05) is 5.69 Å². The second kappa shape index (κ2) is 6.92. The van der Waals surface area contributed by atoms with Crippen molar-refractivity contribution in [1.29, 1.82) is 0 Å². The minimum absolute atomic E-state index is 0.0444. The van der Waals surface area contributed by atoms with Crippen LogP contribution in [0.1, 0.15) is 5.56 Å². The first kappa shape index (κ1) is 16.9. The molecule has 0 unspecified atom stereocenters. The van der Waals surface area contributed by atoms with Gasteiger partial charge >= 0.3 is 6.09 Å². The van der Waals surface area contributed by atoms with Crippen molar-refractivity contribution in [2.24, 2.45) is 5.14 Å². The number of nitrogens with one attached hydrogen (secondary N) is 1. The first-order valence-corrected chi connectivity index (χ1v) is 9.01. The lowest BCUT2D eigenvalue weighted by Gasteiger charge is -2.08. The normalized spacial score (nSPS) is 11.2. The SMILES string of the molecule is NS(=O)(=O)c1ccc2cc(NC(=O)OCc3ccccc3)ccc2c1. The van der Waals surface area contributed by atoms with Crippen LogP contribution in [-0.2, 0) is 21.4 Å². The molecule has 3 N–H and O–H groups in total. The molecule has 0 aliphatic heterocycles. The van der Waals surface area contributed by atoms with Gasteiger partial charge in [-0.15, -0.1) is 0 Å². The maximum absolute atomic E-state index is 11.9. The summed E-state index contributed by atoms with van der Waals surface area (Å²) in [7, 11) is -3.75. The van der Waals surface area contributed by atoms with E-state index in [0.717, 1.165) is 10.9 Å². The molecule has 1 amide bonds. The molecule has 0 aliphatic carbocycles. The van der Waals surface area contributed by atoms with Crippen LogP contribution in [0, 0.1) is 0 Å². The first-order valence-electron chi connectivity index (χ1n) is 7.46. The number of nitrogens with two attached hydrogens (primary N) is 1. The lowest BCUT2D eigenvalue weighted by Crippen LogP contribution is -2.13. The van der Waals surface area contributed by atoms with E-state index in [4.69, 9.17) is 9.88 Å². The fraction of sp³-hybridized carbons (Fsp3) is 0.0556. The van der Waals surface area contributed by atoms with Crippen LogP contribution < -0.4 is 10.5 Å². The standard InChI is InChI=1S/C18H16N2O4S/c19-25(22,23)17-9-7-14-10-16(8-6-15(14)11-17)20-18(21)24-12-13-4-2-1-3-5-13/h1-11H,12H2,(H,20,21)(H2,19,22,23). The summed E-state index contributed by atoms with van der Waals surface area (Å²) in [5, 5.41) is 9.24. The molecular weight excluding hydrogens is 340 g/mol. The number of primary sulfonamides is 1. The molecule has 3 rings (SSSR count). The smallest absolute Gasteiger partial charge is 0.411 e. The fourth-order valence-electron chi connectivity index (χ4n) is 2.36. The summed E-state index contributed by atoms with van der Waals surface area (Å²) in [6, 6.07) is 19.0. The minimum atomic E-state index is -3.75. The van der Waals surface area contributed by atoms with Gasteiger partial charge in [-0.1, -0.05) is 42.5 Å². The van der Waals surface area contributed by atoms with E-state index in [-0.39, 0.29) is 11.5 Å². The van der Waals surface area contributed by atoms with Gasteiger partial charge < -0.3 is 4.74 Å². The van der Waals surface area contributed by atoms with Gasteiger partial charge in [0.25, 0.3) is 0 Å². The van der Waals surface area contributed by atoms with Crippen molar-refractivity contribution in [1.82, 2.24) is 0 Å². The number of sulfonamides is 1. The Labute approximate surface area is 145 Å². The van der Waals surface area contributed by atoms with Crippen LogP contribution in [-0.4, -0.2) is 14.5 Å². The van der Waals surface area contributed by atoms with Crippen molar-refractivity contribution < 1.29 is 17.9 Å². The molecule has 7 heteroatoms. The molecule has 6 nitrogen and oxygen atoms in total. The number of benzene rings is 3. The molecule has 0 aliphatic rings. The number of amides is 1. The Balaban J connectivity index is 1.70. The summed E-state index contributed by atoms with van der Waals surface area (Å²) in [6.45, 7) is 0.179. The highest BCUT2D eigenvalue weighted by molar-refractivity contribution is 7.89. The fourth-order valence-corrected chi connectivity index (χ4v) is 2.90. The van der Waals surface area contributed by atoms with Gasteiger partial charge in [0.05, 0.1) is 4.90 Å². The van der Waals surface area contributed by atoms with E-state index in [0.29, 0.717) is 11.1 Å². The predicted octanol–water partition coefficient (Wildman–Crippen LogP) is 3.24. The van der Waals surface area contributed by atoms with E-state index in [1.54, 1.807) is 24.3 Å². The van der Waals surface area contributed by atoms with Crippen LogP contribution in [0.3, 0.4) is 0 Å². The van der Waals surface area contributed by atoms with Gasteiger partial charge in [0.1, 0.15) is 6.61 Å². The maximum atomic E-state index is 11.9. The van der Waals surface area contributed by atoms with Crippen LogP contribution in [0.15, 0.2) is 71.6 Å². The molecule has 0 bridgehead atoms. The Morgan fingerprint density at radius 1 is 0.960 bits per heavy atom. The van der Waals surface area contributed by atoms with Crippen molar-refractivity contribution in [3.05, 3.63) is 72.3 Å². The summed E-state index contributed by atoms with van der Waals surface area (Å²) in [5.74, 6) is 0. The molecule has 3 aromatic rings. The number of ether oxygens (including phenoxy) is 1. The average Bonchev–Trinajstić information content (AvgIpc) is 2.59. The number of carbonyl (C=O) groups excluding carboxylic acids is 1. The Bertz CT molecular complexity index is 1020. The van der Waals surface area contributed by atoms with E-state index in [2.05, 4.69) is 5.32 Å². The molecule has 0 saturated heterocycles. The minimum Gasteiger partial charge on any atom is -0.444 e. The molecule has 25 heavy (non-hydrogen) atoms. The number of hydrogen-bond acceptors (Lipinski definition) is 4. The van der Waals surface area contributed by atoms with Crippen molar-refractivity contribution in [2.45, 2.75) is 11.5 Å². The number of rotatable bonds is 4. The molecule has 0 saturated carbocycles. The Hall–Kier alpha value is -2.90. The van der Waals surface area contributed by atoms with Crippen molar-refractivity contribution in [2.75, 3.05) is 5.32 Å². The average molecular weight is 356 g/mol. The number of fused-ring (bicyclic) bond motifs is 1. The maximum Gasteiger partial charge on any atom is 0.411 e. The van der Waals surface area contributed by atoms with Crippen LogP contribution in [0.2, 0.25) is 0 Å². The van der Waals surface area contributed by atoms with Crippen LogP contribution in [0.4, 0.5) is 10.5 Å². The lowest BCUT2D eigenvalue weighted by atomic mass is 10.1. The van der Waals surface area contributed by atoms with Crippen LogP contribution >= 0.6 is 0 Å². The second-order valence-electron chi connectivity index (χ2n) is 5.46. The largest absolute Gasteiger partial charge is 0.444 e. The predicted molar refractivity (Wildman–Crippen MR) is 95.6 cm³/mol. The molecule has 0 fully saturated rings. The summed E-state index contributed by atoms with van der Waals surface area (Å²) in [4.78, 5) is 11.9. The molecular formula is C18H16N2O4S. The summed E-state index contributed by atoms with van der Waals surface area (Å²) < 4.78 is 27.9. The number of hydrogen-bond donors (Lipinski definition) is 2. The Morgan fingerprint density at radius 3 is 2.36 bits per heavy atom. The van der Waals surface area contributed by atoms with E-state index in [9.17, 15) is 13.2 Å². The molecule has 3 aromatic carbocycles. The van der Waals surface area contributed by atoms with Gasteiger partial charge in [-0.25, -0.2) is 18.4 Å². The van der Waals surface area contributed by atoms with Gasteiger partial charge in [-0.3, -0.25) is 5.32 Å². The van der Waals surface area contributed by atoms with E-state index in [1.165, 1.54) is 12.1 Å². The third-order valence-electron chi connectivity index (χ3n) is 3.60. The van der Waals surface area contributed by atoms with Gasteiger partial charge in [0.15, 0.2) is 0 Å². The Kier molecular flexibility index (Phi) is 4.69. The van der Waals surface area contributed by atoms with Gasteiger partial charge in [0.2, 0.25) is 10.0 Å². The second-order valence-corrected chi connectivity index (χ2v) is 7.02.